The van der Waals surface area contributed by atoms with Gasteiger partial charge in [-0.2, -0.15) is 5.10 Å². The number of hydrogen-bond acceptors (Lipinski definition) is 3. The monoisotopic (exact) mass is 341 g/mol. The quantitative estimate of drug-likeness (QED) is 0.876. The molecule has 6 nitrogen and oxygen atoms in total. The fourth-order valence-corrected chi connectivity index (χ4v) is 3.20. The molecule has 6 heteroatoms. The molecule has 0 saturated heterocycles. The zero-order chi connectivity index (χ0) is 18.0. The SMILES string of the molecule is CC(c1ccccc1)N(CC1CCC1)C(=O)c1cc(C(=O)O)nn1C. The molecule has 1 fully saturated rings. The Balaban J connectivity index is 1.90. The molecule has 3 rings (SSSR count). The zero-order valence-electron chi connectivity index (χ0n) is 14.6. The van der Waals surface area contributed by atoms with Gasteiger partial charge in [-0.15, -0.1) is 0 Å². The number of aryl methyl sites for hydroxylation is 1. The van der Waals surface area contributed by atoms with E-state index in [-0.39, 0.29) is 17.6 Å². The number of benzene rings is 1. The summed E-state index contributed by atoms with van der Waals surface area (Å²) >= 11 is 0. The molecular weight excluding hydrogens is 318 g/mol. The van der Waals surface area contributed by atoms with Crippen LogP contribution in [0.4, 0.5) is 0 Å². The lowest BCUT2D eigenvalue weighted by molar-refractivity contribution is 0.0601. The van der Waals surface area contributed by atoms with Crippen LogP contribution in [0.3, 0.4) is 0 Å². The summed E-state index contributed by atoms with van der Waals surface area (Å²) in [7, 11) is 1.61. The van der Waals surface area contributed by atoms with Crippen molar-refractivity contribution in [1.82, 2.24) is 14.7 Å². The second kappa shape index (κ2) is 7.09. The van der Waals surface area contributed by atoms with Crippen LogP contribution in [0.1, 0.15) is 58.8 Å². The molecule has 1 amide bonds. The lowest BCUT2D eigenvalue weighted by atomic mass is 9.84. The summed E-state index contributed by atoms with van der Waals surface area (Å²) in [6, 6.07) is 11.2. The number of carboxylic acid groups (broad SMARTS) is 1. The molecule has 1 aromatic heterocycles. The van der Waals surface area contributed by atoms with Crippen molar-refractivity contribution in [2.75, 3.05) is 6.54 Å². The Morgan fingerprint density at radius 1 is 1.32 bits per heavy atom. The minimum Gasteiger partial charge on any atom is -0.476 e. The molecule has 1 N–H and O–H groups in total. The summed E-state index contributed by atoms with van der Waals surface area (Å²) in [6.07, 6.45) is 3.48. The third kappa shape index (κ3) is 3.57. The van der Waals surface area contributed by atoms with Crippen LogP contribution in [0.15, 0.2) is 36.4 Å². The summed E-state index contributed by atoms with van der Waals surface area (Å²) in [4.78, 5) is 26.2. The van der Waals surface area contributed by atoms with Gasteiger partial charge in [0.15, 0.2) is 5.69 Å². The average Bonchev–Trinajstić information content (AvgIpc) is 2.96. The Morgan fingerprint density at radius 3 is 2.52 bits per heavy atom. The predicted octanol–water partition coefficient (Wildman–Crippen LogP) is 3.12. The molecule has 1 atom stereocenters. The van der Waals surface area contributed by atoms with Gasteiger partial charge in [0.25, 0.3) is 5.91 Å². The van der Waals surface area contributed by atoms with Crippen LogP contribution in [0.5, 0.6) is 0 Å². The Labute approximate surface area is 147 Å². The van der Waals surface area contributed by atoms with Crippen molar-refractivity contribution >= 4 is 11.9 Å². The first-order valence-electron chi connectivity index (χ1n) is 8.60. The third-order valence-corrected chi connectivity index (χ3v) is 5.01. The van der Waals surface area contributed by atoms with Crippen molar-refractivity contribution in [2.24, 2.45) is 13.0 Å². The van der Waals surface area contributed by atoms with E-state index in [9.17, 15) is 9.59 Å². The number of hydrogen-bond donors (Lipinski definition) is 1. The summed E-state index contributed by atoms with van der Waals surface area (Å²) in [5.41, 5.74) is 1.26. The van der Waals surface area contributed by atoms with E-state index in [1.54, 1.807) is 7.05 Å². The number of carbonyl (C=O) groups excluding carboxylic acids is 1. The van der Waals surface area contributed by atoms with Crippen molar-refractivity contribution in [3.8, 4) is 0 Å². The summed E-state index contributed by atoms with van der Waals surface area (Å²) in [6.45, 7) is 2.70. The fourth-order valence-electron chi connectivity index (χ4n) is 3.20. The lowest BCUT2D eigenvalue weighted by Gasteiger charge is -2.36. The van der Waals surface area contributed by atoms with Gasteiger partial charge in [0.05, 0.1) is 6.04 Å². The number of amides is 1. The van der Waals surface area contributed by atoms with Gasteiger partial charge >= 0.3 is 5.97 Å². The van der Waals surface area contributed by atoms with Gasteiger partial charge in [-0.25, -0.2) is 4.79 Å². The normalized spacial score (nSPS) is 15.4. The molecule has 0 bridgehead atoms. The van der Waals surface area contributed by atoms with Gasteiger partial charge in [-0.05, 0) is 31.2 Å². The maximum Gasteiger partial charge on any atom is 0.356 e. The number of nitrogens with zero attached hydrogens (tertiary/aromatic N) is 3. The van der Waals surface area contributed by atoms with E-state index in [0.717, 1.165) is 18.4 Å². The van der Waals surface area contributed by atoms with Crippen LogP contribution < -0.4 is 0 Å². The summed E-state index contributed by atoms with van der Waals surface area (Å²) in [5.74, 6) is -0.788. The topological polar surface area (TPSA) is 75.4 Å². The van der Waals surface area contributed by atoms with Crippen molar-refractivity contribution in [3.63, 3.8) is 0 Å². The van der Waals surface area contributed by atoms with Gasteiger partial charge in [0, 0.05) is 19.7 Å². The molecule has 1 heterocycles. The second-order valence-electron chi connectivity index (χ2n) is 6.68. The fraction of sp³-hybridized carbons (Fsp3) is 0.421. The van der Waals surface area contributed by atoms with Crippen LogP contribution in [-0.4, -0.2) is 38.2 Å². The maximum absolute atomic E-state index is 13.2. The smallest absolute Gasteiger partial charge is 0.356 e. The highest BCUT2D eigenvalue weighted by atomic mass is 16.4. The van der Waals surface area contributed by atoms with E-state index in [4.69, 9.17) is 5.11 Å². The zero-order valence-corrected chi connectivity index (χ0v) is 14.6. The molecule has 25 heavy (non-hydrogen) atoms. The number of aromatic nitrogens is 2. The minimum absolute atomic E-state index is 0.0857. The van der Waals surface area contributed by atoms with Crippen molar-refractivity contribution in [1.29, 1.82) is 0 Å². The number of aromatic carboxylic acids is 1. The van der Waals surface area contributed by atoms with Crippen molar-refractivity contribution in [2.45, 2.75) is 32.2 Å². The van der Waals surface area contributed by atoms with Crippen LogP contribution in [-0.2, 0) is 7.05 Å². The molecule has 0 aliphatic heterocycles. The molecule has 1 aromatic carbocycles. The second-order valence-corrected chi connectivity index (χ2v) is 6.68. The highest BCUT2D eigenvalue weighted by Crippen LogP contribution is 2.31. The number of carboxylic acids is 1. The highest BCUT2D eigenvalue weighted by molar-refractivity contribution is 5.96. The molecule has 2 aromatic rings. The predicted molar refractivity (Wildman–Crippen MR) is 93.4 cm³/mol. The molecule has 1 aliphatic carbocycles. The lowest BCUT2D eigenvalue weighted by Crippen LogP contribution is -2.40. The molecule has 1 saturated carbocycles. The molecule has 0 spiro atoms. The van der Waals surface area contributed by atoms with Gasteiger partial charge in [0.2, 0.25) is 0 Å². The Bertz CT molecular complexity index is 765. The van der Waals surface area contributed by atoms with Gasteiger partial charge in [-0.1, -0.05) is 36.8 Å². The molecule has 1 aliphatic rings. The number of carbonyl (C=O) groups is 2. The summed E-state index contributed by atoms with van der Waals surface area (Å²) < 4.78 is 1.36. The van der Waals surface area contributed by atoms with Crippen molar-refractivity contribution in [3.05, 3.63) is 53.3 Å². The molecule has 132 valence electrons. The summed E-state index contributed by atoms with van der Waals surface area (Å²) in [5, 5.41) is 13.1. The largest absolute Gasteiger partial charge is 0.476 e. The first-order chi connectivity index (χ1) is 12.0. The Morgan fingerprint density at radius 2 is 2.00 bits per heavy atom. The van der Waals surface area contributed by atoms with Crippen LogP contribution >= 0.6 is 0 Å². The van der Waals surface area contributed by atoms with E-state index in [1.807, 2.05) is 42.2 Å². The van der Waals surface area contributed by atoms with E-state index in [1.165, 1.54) is 17.2 Å². The van der Waals surface area contributed by atoms with E-state index in [0.29, 0.717) is 18.2 Å². The third-order valence-electron chi connectivity index (χ3n) is 5.01. The van der Waals surface area contributed by atoms with Gasteiger partial charge < -0.3 is 10.0 Å². The average molecular weight is 341 g/mol. The first-order valence-corrected chi connectivity index (χ1v) is 8.60. The van der Waals surface area contributed by atoms with Gasteiger partial charge in [0.1, 0.15) is 5.69 Å². The Kier molecular flexibility index (Phi) is 4.88. The maximum atomic E-state index is 13.2. The molecular formula is C19H23N3O3. The standard InChI is InChI=1S/C19H23N3O3/c1-13(15-9-4-3-5-10-15)22(12-14-7-6-8-14)18(23)17-11-16(19(24)25)20-21(17)2/h3-5,9-11,13-14H,6-8,12H2,1-2H3,(H,24,25). The van der Waals surface area contributed by atoms with Crippen LogP contribution in [0.25, 0.3) is 0 Å². The van der Waals surface area contributed by atoms with Gasteiger partial charge in [-0.3, -0.25) is 9.48 Å². The highest BCUT2D eigenvalue weighted by Gasteiger charge is 2.30. The Hall–Kier alpha value is -2.63. The van der Waals surface area contributed by atoms with Crippen LogP contribution in [0, 0.1) is 5.92 Å². The van der Waals surface area contributed by atoms with E-state index < -0.39 is 5.97 Å². The minimum atomic E-state index is -1.13. The van der Waals surface area contributed by atoms with Crippen molar-refractivity contribution < 1.29 is 14.7 Å². The van der Waals surface area contributed by atoms with Crippen LogP contribution in [0.2, 0.25) is 0 Å². The molecule has 1 unspecified atom stereocenters. The molecule has 0 radical (unpaired) electrons. The van der Waals surface area contributed by atoms with E-state index in [2.05, 4.69) is 5.10 Å². The first kappa shape index (κ1) is 17.2. The van der Waals surface area contributed by atoms with E-state index >= 15 is 0 Å². The number of rotatable bonds is 6.